The van der Waals surface area contributed by atoms with Crippen LogP contribution in [0.15, 0.2) is 66.7 Å². The number of nitrogens with zero attached hydrogens (tertiary/aromatic N) is 2. The summed E-state index contributed by atoms with van der Waals surface area (Å²) in [6.07, 6.45) is 3.92. The number of methoxy groups -OCH3 is 1. The molecule has 1 atom stereocenters. The maximum absolute atomic E-state index is 14.5. The summed E-state index contributed by atoms with van der Waals surface area (Å²) < 4.78 is 23.4. The molecule has 0 spiro atoms. The monoisotopic (exact) mass is 572 g/mol. The Morgan fingerprint density at radius 2 is 1.71 bits per heavy atom. The molecule has 0 aliphatic heterocycles. The second-order valence-electron chi connectivity index (χ2n) is 10.4. The van der Waals surface area contributed by atoms with Crippen LogP contribution in [0.2, 0.25) is 0 Å². The number of nitrogens with one attached hydrogen (secondary N) is 1. The van der Waals surface area contributed by atoms with Crippen LogP contribution in [0, 0.1) is 19.7 Å². The lowest BCUT2D eigenvalue weighted by atomic mass is 10.0. The fourth-order valence-electron chi connectivity index (χ4n) is 5.19. The van der Waals surface area contributed by atoms with E-state index in [4.69, 9.17) is 10.5 Å². The number of anilines is 2. The zero-order chi connectivity index (χ0) is 29.1. The van der Waals surface area contributed by atoms with Gasteiger partial charge in [0.1, 0.15) is 28.2 Å². The first-order valence-corrected chi connectivity index (χ1v) is 14.4. The van der Waals surface area contributed by atoms with E-state index in [1.165, 1.54) is 17.0 Å². The number of aromatic nitrogens is 1. The molecule has 5 rings (SSSR count). The SMILES string of the molecule is COc1ccc([C@@H](C(=O)NC2CCCC2)N(C(=O)c2snc(-c3ccc(F)cc3)c2N)c2ccc(C)c(C)c2)cc1. The Morgan fingerprint density at radius 3 is 2.34 bits per heavy atom. The van der Waals surface area contributed by atoms with Gasteiger partial charge in [-0.1, -0.05) is 31.0 Å². The Kier molecular flexibility index (Phi) is 8.35. The third-order valence-electron chi connectivity index (χ3n) is 7.67. The number of carbonyl (C=O) groups is 2. The van der Waals surface area contributed by atoms with E-state index in [2.05, 4.69) is 9.69 Å². The molecule has 212 valence electrons. The van der Waals surface area contributed by atoms with Crippen LogP contribution in [-0.4, -0.2) is 29.3 Å². The lowest BCUT2D eigenvalue weighted by Gasteiger charge is -2.32. The number of nitrogens with two attached hydrogens (primary N) is 1. The first kappa shape index (κ1) is 28.3. The van der Waals surface area contributed by atoms with Gasteiger partial charge < -0.3 is 15.8 Å². The summed E-state index contributed by atoms with van der Waals surface area (Å²) in [5.41, 5.74) is 10.9. The van der Waals surface area contributed by atoms with Crippen molar-refractivity contribution >= 4 is 34.7 Å². The Balaban J connectivity index is 1.63. The van der Waals surface area contributed by atoms with Gasteiger partial charge in [0, 0.05) is 17.3 Å². The summed E-state index contributed by atoms with van der Waals surface area (Å²) >= 11 is 0.965. The van der Waals surface area contributed by atoms with Crippen LogP contribution in [0.4, 0.5) is 15.8 Å². The molecule has 2 amide bonds. The molecule has 4 aromatic rings. The van der Waals surface area contributed by atoms with E-state index < -0.39 is 11.9 Å². The number of ether oxygens (including phenoxy) is 1. The summed E-state index contributed by atoms with van der Waals surface area (Å²) in [6, 6.07) is 17.7. The van der Waals surface area contributed by atoms with E-state index in [1.54, 1.807) is 43.5 Å². The minimum atomic E-state index is -0.980. The molecule has 3 aromatic carbocycles. The van der Waals surface area contributed by atoms with Crippen LogP contribution < -0.4 is 20.7 Å². The first-order chi connectivity index (χ1) is 19.8. The Morgan fingerprint density at radius 1 is 1.02 bits per heavy atom. The lowest BCUT2D eigenvalue weighted by Crippen LogP contribution is -2.46. The minimum absolute atomic E-state index is 0.0542. The first-order valence-electron chi connectivity index (χ1n) is 13.6. The number of hydrogen-bond acceptors (Lipinski definition) is 6. The number of halogens is 1. The highest BCUT2D eigenvalue weighted by atomic mass is 32.1. The predicted octanol–water partition coefficient (Wildman–Crippen LogP) is 6.60. The third kappa shape index (κ3) is 5.95. The molecule has 0 saturated heterocycles. The molecule has 1 aliphatic carbocycles. The summed E-state index contributed by atoms with van der Waals surface area (Å²) in [6.45, 7) is 3.96. The van der Waals surface area contributed by atoms with Gasteiger partial charge in [-0.2, -0.15) is 4.37 Å². The van der Waals surface area contributed by atoms with Crippen LogP contribution in [0.3, 0.4) is 0 Å². The van der Waals surface area contributed by atoms with E-state index >= 15 is 0 Å². The molecule has 9 heteroatoms. The Labute approximate surface area is 243 Å². The van der Waals surface area contributed by atoms with Crippen molar-refractivity contribution in [3.05, 3.63) is 94.1 Å². The minimum Gasteiger partial charge on any atom is -0.497 e. The predicted molar refractivity (Wildman–Crippen MR) is 161 cm³/mol. The van der Waals surface area contributed by atoms with E-state index in [1.807, 2.05) is 32.0 Å². The number of rotatable bonds is 8. The average Bonchev–Trinajstić information content (AvgIpc) is 3.63. The van der Waals surface area contributed by atoms with Crippen molar-refractivity contribution in [2.24, 2.45) is 0 Å². The van der Waals surface area contributed by atoms with Crippen LogP contribution in [0.1, 0.15) is 58.1 Å². The molecular formula is C32H33FN4O3S. The lowest BCUT2D eigenvalue weighted by molar-refractivity contribution is -0.123. The summed E-state index contributed by atoms with van der Waals surface area (Å²) in [5.74, 6) is -0.451. The van der Waals surface area contributed by atoms with Gasteiger partial charge in [-0.15, -0.1) is 0 Å². The number of benzene rings is 3. The highest BCUT2D eigenvalue weighted by molar-refractivity contribution is 7.09. The van der Waals surface area contributed by atoms with Crippen LogP contribution in [0.5, 0.6) is 5.75 Å². The molecule has 0 radical (unpaired) electrons. The second kappa shape index (κ2) is 12.1. The average molecular weight is 573 g/mol. The molecule has 0 bridgehead atoms. The van der Waals surface area contributed by atoms with Gasteiger partial charge in [0.05, 0.1) is 12.8 Å². The summed E-state index contributed by atoms with van der Waals surface area (Å²) in [7, 11) is 1.58. The van der Waals surface area contributed by atoms with Gasteiger partial charge in [-0.3, -0.25) is 14.5 Å². The van der Waals surface area contributed by atoms with Crippen molar-refractivity contribution in [1.29, 1.82) is 0 Å². The molecule has 41 heavy (non-hydrogen) atoms. The smallest absolute Gasteiger partial charge is 0.273 e. The third-order valence-corrected chi connectivity index (χ3v) is 8.52. The van der Waals surface area contributed by atoms with Gasteiger partial charge in [-0.05, 0) is 103 Å². The molecular weight excluding hydrogens is 539 g/mol. The number of hydrogen-bond donors (Lipinski definition) is 2. The molecule has 1 heterocycles. The Hall–Kier alpha value is -4.24. The standard InChI is InChI=1S/C32H33FN4O3S/c1-19-8-15-25(18-20(19)2)37(32(39)30-27(34)28(36-41-30)21-9-13-23(33)14-10-21)29(22-11-16-26(40-3)17-12-22)31(38)35-24-6-4-5-7-24/h8-18,24,29H,4-7,34H2,1-3H3,(H,35,38)/t29-/m0/s1. The maximum atomic E-state index is 14.5. The Bertz CT molecular complexity index is 1550. The van der Waals surface area contributed by atoms with Crippen LogP contribution in [-0.2, 0) is 4.79 Å². The number of nitrogen functional groups attached to an aromatic ring is 1. The van der Waals surface area contributed by atoms with Crippen molar-refractivity contribution in [3.63, 3.8) is 0 Å². The zero-order valence-corrected chi connectivity index (χ0v) is 24.1. The normalized spacial score (nSPS) is 14.0. The molecule has 3 N–H and O–H groups in total. The highest BCUT2D eigenvalue weighted by Gasteiger charge is 2.37. The van der Waals surface area contributed by atoms with E-state index in [0.29, 0.717) is 28.3 Å². The van der Waals surface area contributed by atoms with Crippen molar-refractivity contribution < 1.29 is 18.7 Å². The quantitative estimate of drug-likeness (QED) is 0.248. The summed E-state index contributed by atoms with van der Waals surface area (Å²) in [5, 5.41) is 3.20. The van der Waals surface area contributed by atoms with Crippen molar-refractivity contribution in [2.75, 3.05) is 17.7 Å². The molecule has 1 saturated carbocycles. The van der Waals surface area contributed by atoms with Crippen molar-refractivity contribution in [3.8, 4) is 17.0 Å². The van der Waals surface area contributed by atoms with Gasteiger partial charge in [0.25, 0.3) is 5.91 Å². The van der Waals surface area contributed by atoms with E-state index in [9.17, 15) is 14.0 Å². The largest absolute Gasteiger partial charge is 0.497 e. The molecule has 1 aliphatic rings. The fraction of sp³-hybridized carbons (Fsp3) is 0.281. The zero-order valence-electron chi connectivity index (χ0n) is 23.3. The van der Waals surface area contributed by atoms with Gasteiger partial charge in [0.2, 0.25) is 5.91 Å². The number of amides is 2. The van der Waals surface area contributed by atoms with Gasteiger partial charge in [0.15, 0.2) is 0 Å². The topological polar surface area (TPSA) is 97.5 Å². The summed E-state index contributed by atoms with van der Waals surface area (Å²) in [4.78, 5) is 30.3. The number of carbonyl (C=O) groups excluding carboxylic acids is 2. The van der Waals surface area contributed by atoms with Crippen molar-refractivity contribution in [1.82, 2.24) is 9.69 Å². The molecule has 7 nitrogen and oxygen atoms in total. The van der Waals surface area contributed by atoms with Crippen LogP contribution in [0.25, 0.3) is 11.3 Å². The van der Waals surface area contributed by atoms with E-state index in [0.717, 1.165) is 48.3 Å². The molecule has 0 unspecified atom stereocenters. The maximum Gasteiger partial charge on any atom is 0.273 e. The van der Waals surface area contributed by atoms with Gasteiger partial charge >= 0.3 is 0 Å². The molecule has 1 fully saturated rings. The van der Waals surface area contributed by atoms with Crippen molar-refractivity contribution in [2.45, 2.75) is 51.6 Å². The molecule has 1 aromatic heterocycles. The highest BCUT2D eigenvalue weighted by Crippen LogP contribution is 2.37. The fourth-order valence-corrected chi connectivity index (χ4v) is 5.95. The second-order valence-corrected chi connectivity index (χ2v) is 11.2. The van der Waals surface area contributed by atoms with Gasteiger partial charge in [-0.25, -0.2) is 4.39 Å². The van der Waals surface area contributed by atoms with E-state index in [-0.39, 0.29) is 28.3 Å². The van der Waals surface area contributed by atoms with Crippen LogP contribution >= 0.6 is 11.5 Å². The number of aryl methyl sites for hydroxylation is 2.